The number of tetrazole rings is 1. The summed E-state index contributed by atoms with van der Waals surface area (Å²) in [4.78, 5) is 14.2. The molecule has 3 rings (SSSR count). The molecule has 0 aliphatic rings. The van der Waals surface area contributed by atoms with E-state index in [-0.39, 0.29) is 18.2 Å². The van der Waals surface area contributed by atoms with E-state index >= 15 is 0 Å². The minimum atomic E-state index is -0.486. The van der Waals surface area contributed by atoms with E-state index in [2.05, 4.69) is 30.9 Å². The third-order valence-electron chi connectivity index (χ3n) is 2.37. The van der Waals surface area contributed by atoms with Crippen LogP contribution in [0.2, 0.25) is 0 Å². The van der Waals surface area contributed by atoms with Crippen LogP contribution in [0, 0.1) is 10.1 Å². The highest BCUT2D eigenvalue weighted by Gasteiger charge is 2.11. The lowest BCUT2D eigenvalue weighted by Gasteiger charge is -1.94. The number of hydrogen-bond acceptors (Lipinski definition) is 8. The van der Waals surface area contributed by atoms with Gasteiger partial charge in [-0.05, 0) is 6.07 Å². The highest BCUT2D eigenvalue weighted by molar-refractivity contribution is 5.77. The van der Waals surface area contributed by atoms with Gasteiger partial charge in [-0.3, -0.25) is 10.1 Å². The summed E-state index contributed by atoms with van der Waals surface area (Å²) in [6.07, 6.45) is 0. The molecule has 2 aromatic heterocycles. The van der Waals surface area contributed by atoms with Crippen LogP contribution >= 0.6 is 0 Å². The van der Waals surface area contributed by atoms with Gasteiger partial charge in [-0.2, -0.15) is 10.2 Å². The second-order valence-corrected chi connectivity index (χ2v) is 3.61. The predicted molar refractivity (Wildman–Crippen MR) is 62.2 cm³/mol. The number of anilines is 1. The van der Waals surface area contributed by atoms with E-state index < -0.39 is 4.92 Å². The second kappa shape index (κ2) is 4.33. The van der Waals surface area contributed by atoms with Crippen molar-refractivity contribution in [2.45, 2.75) is 6.54 Å². The minimum Gasteiger partial charge on any atom is -0.424 e. The second-order valence-electron chi connectivity index (χ2n) is 3.61. The van der Waals surface area contributed by atoms with Gasteiger partial charge >= 0.3 is 0 Å². The van der Waals surface area contributed by atoms with E-state index in [1.807, 2.05) is 0 Å². The van der Waals surface area contributed by atoms with Gasteiger partial charge in [0, 0.05) is 12.1 Å². The topological polar surface area (TPSA) is 136 Å². The molecule has 0 spiro atoms. The van der Waals surface area contributed by atoms with Crippen molar-refractivity contribution in [3.8, 4) is 0 Å². The van der Waals surface area contributed by atoms with Gasteiger partial charge in [-0.15, -0.1) is 10.2 Å². The first-order chi connectivity index (χ1) is 9.22. The lowest BCUT2D eigenvalue weighted by Crippen LogP contribution is -2.01. The SMILES string of the molecule is O=[N+]([O-])c1ccc2oc(NCc3nn[nH]n3)nc2c1. The average molecular weight is 261 g/mol. The number of benzene rings is 1. The monoisotopic (exact) mass is 261 g/mol. The van der Waals surface area contributed by atoms with Gasteiger partial charge < -0.3 is 9.73 Å². The van der Waals surface area contributed by atoms with E-state index in [0.717, 1.165) is 0 Å². The number of nitrogens with zero attached hydrogens (tertiary/aromatic N) is 5. The summed E-state index contributed by atoms with van der Waals surface area (Å²) in [5, 5.41) is 26.7. The summed E-state index contributed by atoms with van der Waals surface area (Å²) in [6, 6.07) is 4.44. The van der Waals surface area contributed by atoms with E-state index in [1.54, 1.807) is 0 Å². The molecule has 96 valence electrons. The standard InChI is InChI=1S/C9H7N7O3/c17-16(18)5-1-2-7-6(3-5)11-9(19-7)10-4-8-12-14-15-13-8/h1-3H,4H2,(H,10,11)(H,12,13,14,15). The van der Waals surface area contributed by atoms with Gasteiger partial charge in [0.25, 0.3) is 11.7 Å². The Kier molecular flexibility index (Phi) is 2.52. The van der Waals surface area contributed by atoms with Gasteiger partial charge in [0.1, 0.15) is 5.52 Å². The molecule has 0 fully saturated rings. The normalized spacial score (nSPS) is 10.7. The number of aromatic nitrogens is 5. The van der Waals surface area contributed by atoms with Crippen LogP contribution in [-0.4, -0.2) is 30.5 Å². The Morgan fingerprint density at radius 1 is 1.47 bits per heavy atom. The zero-order valence-electron chi connectivity index (χ0n) is 9.40. The number of oxazole rings is 1. The highest BCUT2D eigenvalue weighted by atomic mass is 16.6. The Hall–Kier alpha value is -3.04. The maximum Gasteiger partial charge on any atom is 0.296 e. The number of hydrogen-bond donors (Lipinski definition) is 2. The van der Waals surface area contributed by atoms with E-state index in [9.17, 15) is 10.1 Å². The molecule has 0 bridgehead atoms. The van der Waals surface area contributed by atoms with Crippen molar-refractivity contribution >= 4 is 22.8 Å². The summed E-state index contributed by atoms with van der Waals surface area (Å²) in [5.41, 5.74) is 0.830. The summed E-state index contributed by atoms with van der Waals surface area (Å²) in [7, 11) is 0. The largest absolute Gasteiger partial charge is 0.424 e. The van der Waals surface area contributed by atoms with Crippen LogP contribution in [0.4, 0.5) is 11.7 Å². The summed E-state index contributed by atoms with van der Waals surface area (Å²) < 4.78 is 5.37. The van der Waals surface area contributed by atoms with Crippen LogP contribution in [0.15, 0.2) is 22.6 Å². The fourth-order valence-electron chi connectivity index (χ4n) is 1.52. The third kappa shape index (κ3) is 2.18. The molecule has 0 radical (unpaired) electrons. The number of H-pyrrole nitrogens is 1. The number of aromatic amines is 1. The Labute approximate surface area is 105 Å². The Morgan fingerprint density at radius 3 is 3.11 bits per heavy atom. The van der Waals surface area contributed by atoms with Gasteiger partial charge in [-0.1, -0.05) is 5.21 Å². The molecule has 0 amide bonds. The molecule has 2 N–H and O–H groups in total. The first-order valence-corrected chi connectivity index (χ1v) is 5.23. The molecule has 19 heavy (non-hydrogen) atoms. The number of non-ortho nitro benzene ring substituents is 1. The summed E-state index contributed by atoms with van der Waals surface area (Å²) >= 11 is 0. The molecule has 2 heterocycles. The van der Waals surface area contributed by atoms with Crippen LogP contribution in [0.25, 0.3) is 11.1 Å². The summed E-state index contributed by atoms with van der Waals surface area (Å²) in [6.45, 7) is 0.283. The average Bonchev–Trinajstić information content (AvgIpc) is 3.04. The molecule has 0 unspecified atom stereocenters. The smallest absolute Gasteiger partial charge is 0.296 e. The molecular formula is C9H7N7O3. The zero-order chi connectivity index (χ0) is 13.2. The molecular weight excluding hydrogens is 254 g/mol. The molecule has 0 saturated carbocycles. The first kappa shape index (κ1) is 11.1. The fraction of sp³-hybridized carbons (Fsp3) is 0.111. The van der Waals surface area contributed by atoms with Crippen LogP contribution in [0.5, 0.6) is 0 Å². The number of nitro groups is 1. The number of nitrogens with one attached hydrogen (secondary N) is 2. The van der Waals surface area contributed by atoms with Crippen molar-refractivity contribution in [3.63, 3.8) is 0 Å². The third-order valence-corrected chi connectivity index (χ3v) is 2.37. The predicted octanol–water partition coefficient (Wildman–Crippen LogP) is 0.861. The zero-order valence-corrected chi connectivity index (χ0v) is 9.40. The van der Waals surface area contributed by atoms with Crippen molar-refractivity contribution in [3.05, 3.63) is 34.1 Å². The Balaban J connectivity index is 1.83. The maximum atomic E-state index is 10.6. The molecule has 0 saturated heterocycles. The van der Waals surface area contributed by atoms with Crippen LogP contribution in [0.1, 0.15) is 5.82 Å². The highest BCUT2D eigenvalue weighted by Crippen LogP contribution is 2.23. The molecule has 3 aromatic rings. The number of fused-ring (bicyclic) bond motifs is 1. The lowest BCUT2D eigenvalue weighted by atomic mass is 10.3. The molecule has 0 aliphatic carbocycles. The number of nitro benzene ring substituents is 1. The van der Waals surface area contributed by atoms with Gasteiger partial charge in [-0.25, -0.2) is 0 Å². The molecule has 10 nitrogen and oxygen atoms in total. The maximum absolute atomic E-state index is 10.6. The van der Waals surface area contributed by atoms with E-state index in [1.165, 1.54) is 18.2 Å². The Bertz CT molecular complexity index is 721. The van der Waals surface area contributed by atoms with E-state index in [4.69, 9.17) is 4.42 Å². The van der Waals surface area contributed by atoms with Crippen molar-refractivity contribution in [1.29, 1.82) is 0 Å². The van der Waals surface area contributed by atoms with Crippen molar-refractivity contribution < 1.29 is 9.34 Å². The van der Waals surface area contributed by atoms with Crippen LogP contribution in [0.3, 0.4) is 0 Å². The van der Waals surface area contributed by atoms with Crippen LogP contribution < -0.4 is 5.32 Å². The number of rotatable bonds is 4. The lowest BCUT2D eigenvalue weighted by molar-refractivity contribution is -0.384. The van der Waals surface area contributed by atoms with Crippen LogP contribution in [-0.2, 0) is 6.54 Å². The van der Waals surface area contributed by atoms with Gasteiger partial charge in [0.2, 0.25) is 0 Å². The van der Waals surface area contributed by atoms with Gasteiger partial charge in [0.05, 0.1) is 11.5 Å². The molecule has 0 aliphatic heterocycles. The first-order valence-electron chi connectivity index (χ1n) is 5.23. The van der Waals surface area contributed by atoms with Gasteiger partial charge in [0.15, 0.2) is 11.4 Å². The summed E-state index contributed by atoms with van der Waals surface area (Å²) in [5.74, 6) is 0.452. The molecule has 10 heteroatoms. The van der Waals surface area contributed by atoms with E-state index in [0.29, 0.717) is 16.9 Å². The fourth-order valence-corrected chi connectivity index (χ4v) is 1.52. The molecule has 1 aromatic carbocycles. The van der Waals surface area contributed by atoms with Crippen molar-refractivity contribution in [1.82, 2.24) is 25.6 Å². The quantitative estimate of drug-likeness (QED) is 0.521. The van der Waals surface area contributed by atoms with Crippen molar-refractivity contribution in [2.24, 2.45) is 0 Å². The Morgan fingerprint density at radius 2 is 2.37 bits per heavy atom. The minimum absolute atomic E-state index is 0.0366. The molecule has 0 atom stereocenters. The van der Waals surface area contributed by atoms with Crippen molar-refractivity contribution in [2.75, 3.05) is 5.32 Å².